The number of rotatable bonds is 3. The molecule has 1 amide bonds. The average Bonchev–Trinajstić information content (AvgIpc) is 2.37. The summed E-state index contributed by atoms with van der Waals surface area (Å²) in [7, 11) is 1.89. The molecule has 110 valence electrons. The van der Waals surface area contributed by atoms with Gasteiger partial charge >= 0.3 is 0 Å². The molecule has 2 fully saturated rings. The summed E-state index contributed by atoms with van der Waals surface area (Å²) in [6.45, 7) is 10.6. The molecule has 2 aliphatic rings. The van der Waals surface area contributed by atoms with E-state index in [9.17, 15) is 4.79 Å². The van der Waals surface area contributed by atoms with Gasteiger partial charge < -0.3 is 15.0 Å². The van der Waals surface area contributed by atoms with E-state index in [1.165, 1.54) is 0 Å². The molecule has 0 aromatic carbocycles. The Morgan fingerprint density at radius 2 is 2.21 bits per heavy atom. The fourth-order valence-corrected chi connectivity index (χ4v) is 3.31. The second kappa shape index (κ2) is 5.77. The van der Waals surface area contributed by atoms with Crippen molar-refractivity contribution in [1.82, 2.24) is 15.1 Å². The molecule has 0 aliphatic carbocycles. The number of carbonyl (C=O) groups excluding carboxylic acids is 1. The maximum absolute atomic E-state index is 12.3. The van der Waals surface area contributed by atoms with Crippen LogP contribution >= 0.6 is 0 Å². The van der Waals surface area contributed by atoms with Crippen LogP contribution in [0.4, 0.5) is 0 Å². The number of hydrogen-bond acceptors (Lipinski definition) is 4. The van der Waals surface area contributed by atoms with Crippen LogP contribution in [0, 0.1) is 0 Å². The summed E-state index contributed by atoms with van der Waals surface area (Å²) in [6, 6.07) is 0.793. The molecule has 19 heavy (non-hydrogen) atoms. The first-order valence-corrected chi connectivity index (χ1v) is 7.26. The summed E-state index contributed by atoms with van der Waals surface area (Å²) in [5, 5.41) is 3.49. The van der Waals surface area contributed by atoms with E-state index in [0.717, 1.165) is 39.3 Å². The van der Waals surface area contributed by atoms with Crippen LogP contribution < -0.4 is 5.32 Å². The van der Waals surface area contributed by atoms with Crippen LogP contribution in [0.5, 0.6) is 0 Å². The van der Waals surface area contributed by atoms with Crippen molar-refractivity contribution in [2.75, 3.05) is 39.9 Å². The molecule has 2 atom stereocenters. The topological polar surface area (TPSA) is 44.8 Å². The Balaban J connectivity index is 1.97. The van der Waals surface area contributed by atoms with E-state index in [0.29, 0.717) is 12.1 Å². The normalized spacial score (nSPS) is 30.4. The van der Waals surface area contributed by atoms with Crippen molar-refractivity contribution >= 4 is 5.91 Å². The van der Waals surface area contributed by atoms with Gasteiger partial charge in [0.25, 0.3) is 0 Å². The average molecular weight is 269 g/mol. The molecule has 2 unspecified atom stereocenters. The minimum Gasteiger partial charge on any atom is -0.379 e. The predicted octanol–water partition coefficient (Wildman–Crippen LogP) is 0.306. The van der Waals surface area contributed by atoms with E-state index in [4.69, 9.17) is 4.74 Å². The number of ether oxygens (including phenoxy) is 1. The lowest BCUT2D eigenvalue weighted by molar-refractivity contribution is -0.149. The zero-order valence-electron chi connectivity index (χ0n) is 12.6. The fraction of sp³-hybridized carbons (Fsp3) is 0.929. The van der Waals surface area contributed by atoms with Crippen LogP contribution in [-0.2, 0) is 9.53 Å². The van der Waals surface area contributed by atoms with E-state index in [1.807, 2.05) is 25.8 Å². The number of hydrogen-bond donors (Lipinski definition) is 1. The van der Waals surface area contributed by atoms with Crippen molar-refractivity contribution in [2.45, 2.75) is 44.8 Å². The zero-order chi connectivity index (χ0) is 14.0. The fourth-order valence-electron chi connectivity index (χ4n) is 3.31. The van der Waals surface area contributed by atoms with Gasteiger partial charge in [-0.2, -0.15) is 0 Å². The second-order valence-corrected chi connectivity index (χ2v) is 6.29. The van der Waals surface area contributed by atoms with Gasteiger partial charge in [-0.15, -0.1) is 0 Å². The van der Waals surface area contributed by atoms with Crippen LogP contribution in [0.25, 0.3) is 0 Å². The first kappa shape index (κ1) is 14.8. The summed E-state index contributed by atoms with van der Waals surface area (Å²) < 4.78 is 5.50. The minimum absolute atomic E-state index is 0.221. The molecule has 5 heteroatoms. The highest BCUT2D eigenvalue weighted by atomic mass is 16.5. The molecular weight excluding hydrogens is 242 g/mol. The number of piperazine rings is 1. The zero-order valence-corrected chi connectivity index (χ0v) is 12.6. The van der Waals surface area contributed by atoms with Gasteiger partial charge in [-0.25, -0.2) is 0 Å². The van der Waals surface area contributed by atoms with Crippen molar-refractivity contribution in [1.29, 1.82) is 0 Å². The first-order valence-electron chi connectivity index (χ1n) is 7.26. The molecule has 5 nitrogen and oxygen atoms in total. The predicted molar refractivity (Wildman–Crippen MR) is 75.1 cm³/mol. The quantitative estimate of drug-likeness (QED) is 0.801. The van der Waals surface area contributed by atoms with Gasteiger partial charge in [0.2, 0.25) is 5.91 Å². The number of morpholine rings is 1. The molecule has 0 radical (unpaired) electrons. The number of carbonyl (C=O) groups is 1. The highest BCUT2D eigenvalue weighted by Gasteiger charge is 2.42. The summed E-state index contributed by atoms with van der Waals surface area (Å²) in [5.41, 5.74) is -0.401. The van der Waals surface area contributed by atoms with Crippen molar-refractivity contribution < 1.29 is 9.53 Å². The van der Waals surface area contributed by atoms with Gasteiger partial charge in [-0.05, 0) is 27.2 Å². The Hall–Kier alpha value is -0.650. The molecule has 0 aromatic rings. The molecule has 2 saturated heterocycles. The first-order chi connectivity index (χ1) is 8.93. The maximum atomic E-state index is 12.3. The number of amides is 1. The van der Waals surface area contributed by atoms with Crippen LogP contribution in [0.1, 0.15) is 27.2 Å². The van der Waals surface area contributed by atoms with Crippen molar-refractivity contribution in [2.24, 2.45) is 0 Å². The van der Waals surface area contributed by atoms with E-state index in [2.05, 4.69) is 17.1 Å². The molecule has 2 rings (SSSR count). The van der Waals surface area contributed by atoms with Gasteiger partial charge in [-0.3, -0.25) is 9.69 Å². The standard InChI is InChI=1S/C14H27N3O2/c1-11(9-12-10-19-8-5-15-12)17-7-6-16(4)13(18)14(17,2)3/h11-12,15H,5-10H2,1-4H3. The third-order valence-electron chi connectivity index (χ3n) is 4.42. The van der Waals surface area contributed by atoms with Gasteiger partial charge in [0.15, 0.2) is 0 Å². The maximum Gasteiger partial charge on any atom is 0.242 e. The highest BCUT2D eigenvalue weighted by molar-refractivity contribution is 5.86. The molecule has 0 saturated carbocycles. The smallest absolute Gasteiger partial charge is 0.242 e. The summed E-state index contributed by atoms with van der Waals surface area (Å²) in [5.74, 6) is 0.221. The van der Waals surface area contributed by atoms with Gasteiger partial charge in [0.05, 0.1) is 18.8 Å². The molecule has 0 aromatic heterocycles. The Kier molecular flexibility index (Phi) is 4.48. The van der Waals surface area contributed by atoms with Crippen LogP contribution in [0.3, 0.4) is 0 Å². The van der Waals surface area contributed by atoms with Gasteiger partial charge in [0, 0.05) is 38.8 Å². The Labute approximate surface area is 116 Å². The van der Waals surface area contributed by atoms with Gasteiger partial charge in [0.1, 0.15) is 0 Å². The lowest BCUT2D eigenvalue weighted by atomic mass is 9.93. The highest BCUT2D eigenvalue weighted by Crippen LogP contribution is 2.26. The largest absolute Gasteiger partial charge is 0.379 e. The summed E-state index contributed by atoms with van der Waals surface area (Å²) >= 11 is 0. The van der Waals surface area contributed by atoms with E-state index >= 15 is 0 Å². The van der Waals surface area contributed by atoms with E-state index in [-0.39, 0.29) is 5.91 Å². The van der Waals surface area contributed by atoms with Gasteiger partial charge in [-0.1, -0.05) is 0 Å². The van der Waals surface area contributed by atoms with Crippen molar-refractivity contribution in [3.05, 3.63) is 0 Å². The monoisotopic (exact) mass is 269 g/mol. The lowest BCUT2D eigenvalue weighted by Crippen LogP contribution is -2.64. The summed E-state index contributed by atoms with van der Waals surface area (Å²) in [6.07, 6.45) is 1.03. The van der Waals surface area contributed by atoms with E-state index in [1.54, 1.807) is 0 Å². The minimum atomic E-state index is -0.401. The number of nitrogens with one attached hydrogen (secondary N) is 1. The lowest BCUT2D eigenvalue weighted by Gasteiger charge is -2.48. The van der Waals surface area contributed by atoms with Crippen molar-refractivity contribution in [3.8, 4) is 0 Å². The molecule has 0 bridgehead atoms. The molecule has 1 N–H and O–H groups in total. The Morgan fingerprint density at radius 3 is 2.84 bits per heavy atom. The third kappa shape index (κ3) is 3.09. The van der Waals surface area contributed by atoms with Crippen molar-refractivity contribution in [3.63, 3.8) is 0 Å². The number of likely N-dealkylation sites (N-methyl/N-ethyl adjacent to an activating group) is 1. The second-order valence-electron chi connectivity index (χ2n) is 6.29. The molecule has 2 aliphatic heterocycles. The Bertz CT molecular complexity index is 327. The van der Waals surface area contributed by atoms with Crippen LogP contribution in [0.15, 0.2) is 0 Å². The molecular formula is C14H27N3O2. The van der Waals surface area contributed by atoms with Crippen LogP contribution in [-0.4, -0.2) is 73.2 Å². The molecule has 0 spiro atoms. The summed E-state index contributed by atoms with van der Waals surface area (Å²) in [4.78, 5) is 16.5. The third-order valence-corrected chi connectivity index (χ3v) is 4.42. The van der Waals surface area contributed by atoms with E-state index < -0.39 is 5.54 Å². The molecule has 2 heterocycles. The number of nitrogens with zero attached hydrogens (tertiary/aromatic N) is 2. The Morgan fingerprint density at radius 1 is 1.47 bits per heavy atom. The van der Waals surface area contributed by atoms with Crippen LogP contribution in [0.2, 0.25) is 0 Å². The SMILES string of the molecule is CC(CC1COCCN1)N1CCN(C)C(=O)C1(C)C.